The molecule has 2 rings (SSSR count). The highest BCUT2D eigenvalue weighted by Gasteiger charge is 2.18. The Bertz CT molecular complexity index is 387. The first-order valence-electron chi connectivity index (χ1n) is 5.38. The van der Waals surface area contributed by atoms with Crippen LogP contribution in [0.25, 0.3) is 0 Å². The lowest BCUT2D eigenvalue weighted by molar-refractivity contribution is -0.118. The number of fused-ring (bicyclic) bond motifs is 1. The number of anilines is 2. The molecule has 0 spiro atoms. The molecule has 3 nitrogen and oxygen atoms in total. The maximum absolute atomic E-state index is 11.6. The van der Waals surface area contributed by atoms with Gasteiger partial charge in [0.05, 0.1) is 17.3 Å². The number of amides is 1. The molecule has 80 valence electrons. The first-order chi connectivity index (χ1) is 7.20. The Balaban J connectivity index is 2.35. The lowest BCUT2D eigenvalue weighted by Crippen LogP contribution is -2.22. The second-order valence-electron chi connectivity index (χ2n) is 4.00. The van der Waals surface area contributed by atoms with E-state index in [0.29, 0.717) is 6.54 Å². The van der Waals surface area contributed by atoms with Gasteiger partial charge in [-0.3, -0.25) is 4.79 Å². The fourth-order valence-corrected chi connectivity index (χ4v) is 1.68. The van der Waals surface area contributed by atoms with Crippen molar-refractivity contribution in [2.24, 2.45) is 5.92 Å². The number of hydrogen-bond donors (Lipinski definition) is 2. The molecular weight excluding hydrogens is 188 g/mol. The molecular formula is C12H16N2O. The van der Waals surface area contributed by atoms with Crippen molar-refractivity contribution in [3.05, 3.63) is 23.8 Å². The summed E-state index contributed by atoms with van der Waals surface area (Å²) in [4.78, 5) is 11.6. The summed E-state index contributed by atoms with van der Waals surface area (Å²) in [7, 11) is 0. The molecule has 0 radical (unpaired) electrons. The van der Waals surface area contributed by atoms with Crippen LogP contribution in [0.15, 0.2) is 18.2 Å². The van der Waals surface area contributed by atoms with Gasteiger partial charge in [-0.25, -0.2) is 0 Å². The van der Waals surface area contributed by atoms with Gasteiger partial charge >= 0.3 is 0 Å². The summed E-state index contributed by atoms with van der Waals surface area (Å²) in [6.45, 7) is 4.73. The van der Waals surface area contributed by atoms with Crippen LogP contribution in [0.5, 0.6) is 0 Å². The van der Waals surface area contributed by atoms with Crippen LogP contribution < -0.4 is 10.6 Å². The number of hydrogen-bond acceptors (Lipinski definition) is 2. The minimum atomic E-state index is 0.0162. The predicted octanol–water partition coefficient (Wildman–Crippen LogP) is 2.25. The van der Waals surface area contributed by atoms with Crippen LogP contribution in [0.4, 0.5) is 11.4 Å². The third-order valence-corrected chi connectivity index (χ3v) is 2.80. The summed E-state index contributed by atoms with van der Waals surface area (Å²) < 4.78 is 0. The summed E-state index contributed by atoms with van der Waals surface area (Å²) in [6, 6.07) is 6.17. The molecule has 0 aliphatic carbocycles. The van der Waals surface area contributed by atoms with E-state index >= 15 is 0 Å². The summed E-state index contributed by atoms with van der Waals surface area (Å²) in [5, 5.41) is 6.22. The van der Waals surface area contributed by atoms with E-state index in [-0.39, 0.29) is 11.8 Å². The molecule has 1 heterocycles. The highest BCUT2D eigenvalue weighted by atomic mass is 16.1. The number of carbonyl (C=O) groups excluding carboxylic acids is 1. The van der Waals surface area contributed by atoms with Crippen LogP contribution >= 0.6 is 0 Å². The first kappa shape index (κ1) is 10.0. The van der Waals surface area contributed by atoms with E-state index in [4.69, 9.17) is 0 Å². The van der Waals surface area contributed by atoms with Crippen LogP contribution in [0.3, 0.4) is 0 Å². The zero-order chi connectivity index (χ0) is 10.8. The van der Waals surface area contributed by atoms with Gasteiger partial charge in [0.2, 0.25) is 5.91 Å². The Hall–Kier alpha value is -1.51. The minimum Gasteiger partial charge on any atom is -0.383 e. The molecule has 1 aromatic carbocycles. The Morgan fingerprint density at radius 3 is 2.93 bits per heavy atom. The van der Waals surface area contributed by atoms with Gasteiger partial charge in [-0.15, -0.1) is 0 Å². The second kappa shape index (κ2) is 3.93. The van der Waals surface area contributed by atoms with E-state index in [2.05, 4.69) is 23.6 Å². The number of rotatable bonds is 1. The molecule has 1 aliphatic rings. The van der Waals surface area contributed by atoms with Gasteiger partial charge in [-0.1, -0.05) is 19.9 Å². The molecule has 3 heteroatoms. The van der Waals surface area contributed by atoms with Gasteiger partial charge in [0.25, 0.3) is 0 Å². The van der Waals surface area contributed by atoms with Crippen LogP contribution in [-0.4, -0.2) is 12.5 Å². The third-order valence-electron chi connectivity index (χ3n) is 2.80. The molecule has 1 aromatic rings. The van der Waals surface area contributed by atoms with E-state index in [1.807, 2.05) is 19.1 Å². The predicted molar refractivity (Wildman–Crippen MR) is 62.1 cm³/mol. The molecule has 0 aromatic heterocycles. The van der Waals surface area contributed by atoms with Crippen molar-refractivity contribution in [2.75, 3.05) is 17.2 Å². The molecule has 1 unspecified atom stereocenters. The van der Waals surface area contributed by atoms with Crippen LogP contribution in [0, 0.1) is 5.92 Å². The second-order valence-corrected chi connectivity index (χ2v) is 4.00. The molecule has 1 atom stereocenters. The maximum Gasteiger partial charge on any atom is 0.229 e. The zero-order valence-electron chi connectivity index (χ0n) is 9.13. The maximum atomic E-state index is 11.6. The lowest BCUT2D eigenvalue weighted by atomic mass is 10.1. The van der Waals surface area contributed by atoms with Gasteiger partial charge in [0, 0.05) is 6.54 Å². The Morgan fingerprint density at radius 1 is 1.40 bits per heavy atom. The van der Waals surface area contributed by atoms with Gasteiger partial charge in [0.15, 0.2) is 0 Å². The fraction of sp³-hybridized carbons (Fsp3) is 0.417. The van der Waals surface area contributed by atoms with Crippen LogP contribution in [0.1, 0.15) is 19.4 Å². The standard InChI is InChI=1S/C12H16N2O/c1-3-9-4-5-10-11(6-9)14-12(15)8(2)7-13-10/h4-6,8,13H,3,7H2,1-2H3,(H,14,15). The average molecular weight is 204 g/mol. The van der Waals surface area contributed by atoms with Crippen LogP contribution in [-0.2, 0) is 11.2 Å². The quantitative estimate of drug-likeness (QED) is 0.736. The van der Waals surface area contributed by atoms with Crippen LogP contribution in [0.2, 0.25) is 0 Å². The lowest BCUT2D eigenvalue weighted by Gasteiger charge is -2.08. The molecule has 15 heavy (non-hydrogen) atoms. The molecule has 0 saturated carbocycles. The Kier molecular flexibility index (Phi) is 2.62. The Morgan fingerprint density at radius 2 is 2.20 bits per heavy atom. The fourth-order valence-electron chi connectivity index (χ4n) is 1.68. The summed E-state index contributed by atoms with van der Waals surface area (Å²) >= 11 is 0. The minimum absolute atomic E-state index is 0.0162. The number of aryl methyl sites for hydroxylation is 1. The smallest absolute Gasteiger partial charge is 0.229 e. The van der Waals surface area contributed by atoms with Crippen molar-refractivity contribution in [1.82, 2.24) is 0 Å². The highest BCUT2D eigenvalue weighted by molar-refractivity contribution is 5.97. The molecule has 0 saturated heterocycles. The molecule has 0 fully saturated rings. The molecule has 2 N–H and O–H groups in total. The average Bonchev–Trinajstić information content (AvgIpc) is 2.39. The zero-order valence-corrected chi connectivity index (χ0v) is 9.13. The van der Waals surface area contributed by atoms with E-state index in [1.54, 1.807) is 0 Å². The number of nitrogens with one attached hydrogen (secondary N) is 2. The molecule has 1 aliphatic heterocycles. The Labute approximate surface area is 89.9 Å². The monoisotopic (exact) mass is 204 g/mol. The van der Waals surface area contributed by atoms with Gasteiger partial charge < -0.3 is 10.6 Å². The van der Waals surface area contributed by atoms with Gasteiger partial charge in [-0.05, 0) is 24.1 Å². The number of carbonyl (C=O) groups is 1. The summed E-state index contributed by atoms with van der Waals surface area (Å²) in [5.74, 6) is 0.108. The molecule has 1 amide bonds. The largest absolute Gasteiger partial charge is 0.383 e. The van der Waals surface area contributed by atoms with E-state index in [0.717, 1.165) is 17.8 Å². The number of benzene rings is 1. The van der Waals surface area contributed by atoms with Crippen molar-refractivity contribution in [3.63, 3.8) is 0 Å². The SMILES string of the molecule is CCc1ccc2c(c1)NC(=O)C(C)CN2. The topological polar surface area (TPSA) is 41.1 Å². The van der Waals surface area contributed by atoms with Crippen molar-refractivity contribution in [2.45, 2.75) is 20.3 Å². The van der Waals surface area contributed by atoms with Crippen molar-refractivity contribution in [1.29, 1.82) is 0 Å². The normalized spacial score (nSPS) is 19.9. The summed E-state index contributed by atoms with van der Waals surface area (Å²) in [6.07, 6.45) is 0.985. The van der Waals surface area contributed by atoms with E-state index < -0.39 is 0 Å². The van der Waals surface area contributed by atoms with Crippen molar-refractivity contribution >= 4 is 17.3 Å². The van der Waals surface area contributed by atoms with E-state index in [1.165, 1.54) is 5.56 Å². The van der Waals surface area contributed by atoms with E-state index in [9.17, 15) is 4.79 Å². The van der Waals surface area contributed by atoms with Gasteiger partial charge in [0.1, 0.15) is 0 Å². The molecule has 0 bridgehead atoms. The van der Waals surface area contributed by atoms with Crippen molar-refractivity contribution < 1.29 is 4.79 Å². The van der Waals surface area contributed by atoms with Gasteiger partial charge in [-0.2, -0.15) is 0 Å². The highest BCUT2D eigenvalue weighted by Crippen LogP contribution is 2.26. The first-order valence-corrected chi connectivity index (χ1v) is 5.38. The third kappa shape index (κ3) is 1.96. The van der Waals surface area contributed by atoms with Crippen molar-refractivity contribution in [3.8, 4) is 0 Å². The summed E-state index contributed by atoms with van der Waals surface area (Å²) in [5.41, 5.74) is 3.17.